The fraction of sp³-hybridized carbons (Fsp3) is 0.636. The second-order valence-electron chi connectivity index (χ2n) is 4.14. The van der Waals surface area contributed by atoms with Gasteiger partial charge < -0.3 is 21.1 Å². The number of nitrogens with two attached hydrogens (primary N) is 1. The summed E-state index contributed by atoms with van der Waals surface area (Å²) in [6.45, 7) is 5.38. The molecule has 0 amide bonds. The maximum atomic E-state index is 5.65. The van der Waals surface area contributed by atoms with Gasteiger partial charge in [0.05, 0.1) is 6.61 Å². The van der Waals surface area contributed by atoms with Crippen LogP contribution in [0.25, 0.3) is 0 Å². The van der Waals surface area contributed by atoms with E-state index in [0.29, 0.717) is 5.92 Å². The molecule has 0 aromatic carbocycles. The van der Waals surface area contributed by atoms with Gasteiger partial charge in [-0.3, -0.25) is 0 Å². The molecule has 0 spiro atoms. The zero-order valence-electron chi connectivity index (χ0n) is 10.1. The van der Waals surface area contributed by atoms with Crippen molar-refractivity contribution in [2.24, 2.45) is 5.92 Å². The van der Waals surface area contributed by atoms with Crippen molar-refractivity contribution in [1.82, 2.24) is 9.97 Å². The molecular weight excluding hydrogens is 218 g/mol. The highest BCUT2D eigenvalue weighted by Gasteiger charge is 2.15. The van der Waals surface area contributed by atoms with Crippen molar-refractivity contribution in [1.29, 1.82) is 0 Å². The fourth-order valence-electron chi connectivity index (χ4n) is 1.82. The molecule has 6 heteroatoms. The zero-order chi connectivity index (χ0) is 12.1. The number of rotatable bonds is 5. The smallest absolute Gasteiger partial charge is 0.223 e. The number of hydrogen-bond acceptors (Lipinski definition) is 6. The van der Waals surface area contributed by atoms with Crippen LogP contribution in [0.2, 0.25) is 0 Å². The fourth-order valence-corrected chi connectivity index (χ4v) is 1.82. The van der Waals surface area contributed by atoms with E-state index < -0.39 is 0 Å². The van der Waals surface area contributed by atoms with Crippen LogP contribution in [0, 0.1) is 5.92 Å². The predicted molar refractivity (Wildman–Crippen MR) is 68.0 cm³/mol. The summed E-state index contributed by atoms with van der Waals surface area (Å²) in [7, 11) is 0. The Morgan fingerprint density at radius 2 is 2.18 bits per heavy atom. The number of nitrogens with one attached hydrogen (secondary N) is 2. The third-order valence-electron chi connectivity index (χ3n) is 2.70. The standard InChI is InChI=1S/C11H19N5O/c1-2-13-9-5-10(16-11(12)15-9)14-6-8-3-4-17-7-8/h5,8H,2-4,6-7H2,1H3,(H4,12,13,14,15,16). The largest absolute Gasteiger partial charge is 0.381 e. The molecule has 2 heterocycles. The zero-order valence-corrected chi connectivity index (χ0v) is 10.1. The second kappa shape index (κ2) is 5.67. The molecule has 1 aliphatic rings. The van der Waals surface area contributed by atoms with Gasteiger partial charge in [0.2, 0.25) is 5.95 Å². The summed E-state index contributed by atoms with van der Waals surface area (Å²) in [5.41, 5.74) is 5.65. The van der Waals surface area contributed by atoms with Crippen LogP contribution in [0.5, 0.6) is 0 Å². The maximum Gasteiger partial charge on any atom is 0.223 e. The average Bonchev–Trinajstić information content (AvgIpc) is 2.79. The number of aromatic nitrogens is 2. The molecule has 1 unspecified atom stereocenters. The van der Waals surface area contributed by atoms with Crippen molar-refractivity contribution in [3.8, 4) is 0 Å². The van der Waals surface area contributed by atoms with E-state index in [1.165, 1.54) is 0 Å². The van der Waals surface area contributed by atoms with Crippen molar-refractivity contribution in [2.45, 2.75) is 13.3 Å². The van der Waals surface area contributed by atoms with Crippen LogP contribution in [0.4, 0.5) is 17.6 Å². The summed E-state index contributed by atoms with van der Waals surface area (Å²) in [5.74, 6) is 2.37. The molecule has 4 N–H and O–H groups in total. The first-order chi connectivity index (χ1) is 8.28. The Morgan fingerprint density at radius 1 is 1.41 bits per heavy atom. The highest BCUT2D eigenvalue weighted by Crippen LogP contribution is 2.16. The van der Waals surface area contributed by atoms with E-state index >= 15 is 0 Å². The lowest BCUT2D eigenvalue weighted by atomic mass is 10.1. The minimum atomic E-state index is 0.286. The van der Waals surface area contributed by atoms with Gasteiger partial charge >= 0.3 is 0 Å². The molecule has 94 valence electrons. The van der Waals surface area contributed by atoms with Gasteiger partial charge in [-0.15, -0.1) is 0 Å². The van der Waals surface area contributed by atoms with Gasteiger partial charge in [0, 0.05) is 31.7 Å². The molecule has 0 radical (unpaired) electrons. The lowest BCUT2D eigenvalue weighted by molar-refractivity contribution is 0.187. The molecule has 1 fully saturated rings. The Morgan fingerprint density at radius 3 is 2.82 bits per heavy atom. The topological polar surface area (TPSA) is 85.1 Å². The van der Waals surface area contributed by atoms with Crippen molar-refractivity contribution in [3.05, 3.63) is 6.07 Å². The van der Waals surface area contributed by atoms with Crippen LogP contribution < -0.4 is 16.4 Å². The van der Waals surface area contributed by atoms with Crippen LogP contribution >= 0.6 is 0 Å². The molecule has 6 nitrogen and oxygen atoms in total. The highest BCUT2D eigenvalue weighted by molar-refractivity contribution is 5.50. The summed E-state index contributed by atoms with van der Waals surface area (Å²) in [6.07, 6.45) is 1.10. The number of nitrogens with zero attached hydrogens (tertiary/aromatic N) is 2. The molecule has 1 aliphatic heterocycles. The van der Waals surface area contributed by atoms with Crippen molar-refractivity contribution < 1.29 is 4.74 Å². The molecule has 1 atom stereocenters. The maximum absolute atomic E-state index is 5.65. The highest BCUT2D eigenvalue weighted by atomic mass is 16.5. The number of hydrogen-bond donors (Lipinski definition) is 3. The molecule has 1 aromatic heterocycles. The number of nitrogen functional groups attached to an aromatic ring is 1. The molecule has 0 saturated carbocycles. The molecule has 0 bridgehead atoms. The second-order valence-corrected chi connectivity index (χ2v) is 4.14. The number of ether oxygens (including phenoxy) is 1. The summed E-state index contributed by atoms with van der Waals surface area (Å²) in [4.78, 5) is 8.25. The minimum absolute atomic E-state index is 0.286. The van der Waals surface area contributed by atoms with Gasteiger partial charge in [-0.25, -0.2) is 0 Å². The van der Waals surface area contributed by atoms with E-state index in [2.05, 4.69) is 20.6 Å². The first-order valence-corrected chi connectivity index (χ1v) is 5.98. The third kappa shape index (κ3) is 3.45. The predicted octanol–water partition coefficient (Wildman–Crippen LogP) is 0.939. The molecule has 1 saturated heterocycles. The monoisotopic (exact) mass is 237 g/mol. The van der Waals surface area contributed by atoms with Crippen LogP contribution in [-0.4, -0.2) is 36.3 Å². The Bertz CT molecular complexity index is 365. The van der Waals surface area contributed by atoms with Gasteiger partial charge in [0.1, 0.15) is 11.6 Å². The van der Waals surface area contributed by atoms with E-state index in [1.54, 1.807) is 0 Å². The first kappa shape index (κ1) is 11.9. The Kier molecular flexibility index (Phi) is 3.98. The van der Waals surface area contributed by atoms with Gasteiger partial charge in [0.25, 0.3) is 0 Å². The van der Waals surface area contributed by atoms with Gasteiger partial charge in [0.15, 0.2) is 0 Å². The Labute approximate surface area is 101 Å². The van der Waals surface area contributed by atoms with E-state index in [-0.39, 0.29) is 5.95 Å². The lowest BCUT2D eigenvalue weighted by Crippen LogP contribution is -2.16. The SMILES string of the molecule is CCNc1cc(NCC2CCOC2)nc(N)n1. The van der Waals surface area contributed by atoms with E-state index in [1.807, 2.05) is 13.0 Å². The van der Waals surface area contributed by atoms with Crippen LogP contribution in [-0.2, 0) is 4.74 Å². The molecule has 0 aliphatic carbocycles. The lowest BCUT2D eigenvalue weighted by Gasteiger charge is -2.11. The molecular formula is C11H19N5O. The van der Waals surface area contributed by atoms with Crippen molar-refractivity contribution in [2.75, 3.05) is 42.7 Å². The van der Waals surface area contributed by atoms with E-state index in [4.69, 9.17) is 10.5 Å². The summed E-state index contributed by atoms with van der Waals surface area (Å²) in [5, 5.41) is 6.40. The summed E-state index contributed by atoms with van der Waals surface area (Å²) < 4.78 is 5.32. The van der Waals surface area contributed by atoms with Gasteiger partial charge in [-0.1, -0.05) is 0 Å². The Hall–Kier alpha value is -1.56. The molecule has 1 aromatic rings. The third-order valence-corrected chi connectivity index (χ3v) is 2.70. The Balaban J connectivity index is 1.94. The van der Waals surface area contributed by atoms with Crippen LogP contribution in [0.3, 0.4) is 0 Å². The van der Waals surface area contributed by atoms with Crippen LogP contribution in [0.1, 0.15) is 13.3 Å². The van der Waals surface area contributed by atoms with E-state index in [0.717, 1.165) is 44.4 Å². The minimum Gasteiger partial charge on any atom is -0.381 e. The molecule has 17 heavy (non-hydrogen) atoms. The summed E-state index contributed by atoms with van der Waals surface area (Å²) >= 11 is 0. The molecule has 2 rings (SSSR count). The average molecular weight is 237 g/mol. The van der Waals surface area contributed by atoms with E-state index in [9.17, 15) is 0 Å². The normalized spacial score (nSPS) is 19.2. The quantitative estimate of drug-likeness (QED) is 0.706. The van der Waals surface area contributed by atoms with Crippen molar-refractivity contribution in [3.63, 3.8) is 0 Å². The van der Waals surface area contributed by atoms with Crippen molar-refractivity contribution >= 4 is 17.6 Å². The summed E-state index contributed by atoms with van der Waals surface area (Å²) in [6, 6.07) is 1.87. The number of anilines is 3. The van der Waals surface area contributed by atoms with Gasteiger partial charge in [-0.05, 0) is 13.3 Å². The van der Waals surface area contributed by atoms with Crippen LogP contribution in [0.15, 0.2) is 6.07 Å². The first-order valence-electron chi connectivity index (χ1n) is 5.98. The van der Waals surface area contributed by atoms with Gasteiger partial charge in [-0.2, -0.15) is 9.97 Å².